The van der Waals surface area contributed by atoms with Gasteiger partial charge in [0.2, 0.25) is 5.91 Å². The summed E-state index contributed by atoms with van der Waals surface area (Å²) in [5, 5.41) is 0. The molecule has 0 N–H and O–H groups in total. The summed E-state index contributed by atoms with van der Waals surface area (Å²) < 4.78 is 12.1. The molecule has 2 saturated heterocycles. The molecule has 4 heteroatoms. The lowest BCUT2D eigenvalue weighted by atomic mass is 9.81. The van der Waals surface area contributed by atoms with Gasteiger partial charge in [0.25, 0.3) is 0 Å². The average Bonchev–Trinajstić information content (AvgIpc) is 2.91. The van der Waals surface area contributed by atoms with Crippen LogP contribution in [-0.4, -0.2) is 49.3 Å². The summed E-state index contributed by atoms with van der Waals surface area (Å²) >= 11 is 0. The van der Waals surface area contributed by atoms with Crippen LogP contribution < -0.4 is 0 Å². The van der Waals surface area contributed by atoms with Gasteiger partial charge < -0.3 is 14.4 Å². The van der Waals surface area contributed by atoms with E-state index in [4.69, 9.17) is 9.47 Å². The average molecular weight is 307 g/mol. The van der Waals surface area contributed by atoms with Gasteiger partial charge in [0.05, 0.1) is 19.7 Å². The van der Waals surface area contributed by atoms with Crippen LogP contribution >= 0.6 is 0 Å². The quantitative estimate of drug-likeness (QED) is 0.783. The maximum Gasteiger partial charge on any atom is 0.226 e. The van der Waals surface area contributed by atoms with Crippen molar-refractivity contribution < 1.29 is 14.3 Å². The monoisotopic (exact) mass is 307 g/mol. The topological polar surface area (TPSA) is 38.8 Å². The predicted molar refractivity (Wildman–Crippen MR) is 83.4 cm³/mol. The third-order valence-corrected chi connectivity index (χ3v) is 6.40. The zero-order chi connectivity index (χ0) is 15.2. The molecule has 0 unspecified atom stereocenters. The highest BCUT2D eigenvalue weighted by Crippen LogP contribution is 2.45. The zero-order valence-corrected chi connectivity index (χ0v) is 13.8. The molecule has 2 heterocycles. The Morgan fingerprint density at radius 1 is 1.23 bits per heavy atom. The first-order chi connectivity index (χ1) is 10.7. The number of carbonyl (C=O) groups excluding carboxylic acids is 1. The van der Waals surface area contributed by atoms with Crippen LogP contribution in [0.15, 0.2) is 0 Å². The first-order valence-corrected chi connectivity index (χ1v) is 9.18. The van der Waals surface area contributed by atoms with Crippen molar-refractivity contribution in [2.75, 3.05) is 32.9 Å². The summed E-state index contributed by atoms with van der Waals surface area (Å²) in [6, 6.07) is 0. The number of nitrogens with zero attached hydrogens (tertiary/aromatic N) is 1. The van der Waals surface area contributed by atoms with E-state index < -0.39 is 0 Å². The number of amides is 1. The largest absolute Gasteiger partial charge is 0.381 e. The van der Waals surface area contributed by atoms with Crippen molar-refractivity contribution in [3.05, 3.63) is 0 Å². The van der Waals surface area contributed by atoms with E-state index in [9.17, 15) is 4.79 Å². The highest BCUT2D eigenvalue weighted by Gasteiger charge is 2.56. The molecular weight excluding hydrogens is 278 g/mol. The fourth-order valence-corrected chi connectivity index (χ4v) is 4.58. The van der Waals surface area contributed by atoms with Crippen LogP contribution in [0, 0.1) is 23.7 Å². The van der Waals surface area contributed by atoms with E-state index in [1.807, 2.05) is 4.90 Å². The lowest BCUT2D eigenvalue weighted by molar-refractivity contribution is -0.170. The second kappa shape index (κ2) is 5.79. The van der Waals surface area contributed by atoms with Crippen LogP contribution in [0.25, 0.3) is 0 Å². The van der Waals surface area contributed by atoms with Crippen molar-refractivity contribution in [3.8, 4) is 0 Å². The van der Waals surface area contributed by atoms with Crippen LogP contribution in [-0.2, 0) is 14.3 Å². The Hall–Kier alpha value is -0.610. The fraction of sp³-hybridized carbons (Fsp3) is 0.944. The lowest BCUT2D eigenvalue weighted by Gasteiger charge is -2.50. The Morgan fingerprint density at radius 2 is 1.95 bits per heavy atom. The van der Waals surface area contributed by atoms with Crippen molar-refractivity contribution in [1.82, 2.24) is 4.90 Å². The molecular formula is C18H29NO3. The summed E-state index contributed by atoms with van der Waals surface area (Å²) in [5.41, 5.74) is -0.0799. The molecule has 2 saturated carbocycles. The van der Waals surface area contributed by atoms with Crippen LogP contribution in [0.4, 0.5) is 0 Å². The molecule has 1 spiro atoms. The molecule has 4 aliphatic rings. The standard InChI is InChI=1S/C18H29NO3/c1-13-8-16(13)17(20)19-11-18(12-19)15(6-7-22-18)10-21-9-14-4-2-3-5-14/h13-16H,2-12H2,1H3/t13-,15+,16-/m1/s1. The third kappa shape index (κ3) is 2.69. The molecule has 1 amide bonds. The number of hydrogen-bond acceptors (Lipinski definition) is 3. The van der Waals surface area contributed by atoms with Crippen molar-refractivity contribution in [1.29, 1.82) is 0 Å². The van der Waals surface area contributed by atoms with Crippen LogP contribution in [0.1, 0.15) is 45.4 Å². The predicted octanol–water partition coefficient (Wildman–Crippen LogP) is 2.47. The van der Waals surface area contributed by atoms with Crippen molar-refractivity contribution in [2.24, 2.45) is 23.7 Å². The smallest absolute Gasteiger partial charge is 0.226 e. The van der Waals surface area contributed by atoms with E-state index in [-0.39, 0.29) is 5.60 Å². The number of carbonyl (C=O) groups is 1. The third-order valence-electron chi connectivity index (χ3n) is 6.40. The van der Waals surface area contributed by atoms with E-state index in [1.54, 1.807) is 0 Å². The maximum absolute atomic E-state index is 12.3. The lowest BCUT2D eigenvalue weighted by Crippen LogP contribution is -2.67. The highest BCUT2D eigenvalue weighted by atomic mass is 16.5. The van der Waals surface area contributed by atoms with Crippen LogP contribution in [0.5, 0.6) is 0 Å². The minimum absolute atomic E-state index is 0.0799. The Balaban J connectivity index is 1.24. The minimum Gasteiger partial charge on any atom is -0.381 e. The minimum atomic E-state index is -0.0799. The Kier molecular flexibility index (Phi) is 3.93. The molecule has 2 aliphatic carbocycles. The van der Waals surface area contributed by atoms with Crippen LogP contribution in [0.2, 0.25) is 0 Å². The molecule has 0 aromatic carbocycles. The van der Waals surface area contributed by atoms with Gasteiger partial charge in [0.15, 0.2) is 0 Å². The molecule has 22 heavy (non-hydrogen) atoms. The maximum atomic E-state index is 12.3. The van der Waals surface area contributed by atoms with Crippen molar-refractivity contribution >= 4 is 5.91 Å². The molecule has 4 fully saturated rings. The first kappa shape index (κ1) is 14.9. The van der Waals surface area contributed by atoms with Crippen molar-refractivity contribution in [2.45, 2.75) is 51.0 Å². The van der Waals surface area contributed by atoms with E-state index >= 15 is 0 Å². The zero-order valence-electron chi connectivity index (χ0n) is 13.8. The Morgan fingerprint density at radius 3 is 2.64 bits per heavy atom. The molecule has 2 aliphatic heterocycles. The van der Waals surface area contributed by atoms with E-state index in [0.717, 1.165) is 51.7 Å². The van der Waals surface area contributed by atoms with E-state index in [1.165, 1.54) is 25.7 Å². The number of ether oxygens (including phenoxy) is 2. The SMILES string of the molecule is C[C@@H]1C[C@H]1C(=O)N1CC2(C1)OCC[C@H]2COCC1CCCC1. The van der Waals surface area contributed by atoms with Gasteiger partial charge in [-0.1, -0.05) is 19.8 Å². The summed E-state index contributed by atoms with van der Waals surface area (Å²) in [4.78, 5) is 14.3. The summed E-state index contributed by atoms with van der Waals surface area (Å²) in [6.45, 7) is 6.34. The van der Waals surface area contributed by atoms with Crippen LogP contribution in [0.3, 0.4) is 0 Å². The molecule has 3 atom stereocenters. The van der Waals surface area contributed by atoms with Gasteiger partial charge in [-0.15, -0.1) is 0 Å². The van der Waals surface area contributed by atoms with Crippen molar-refractivity contribution in [3.63, 3.8) is 0 Å². The molecule has 0 bridgehead atoms. The first-order valence-electron chi connectivity index (χ1n) is 9.18. The van der Waals surface area contributed by atoms with Gasteiger partial charge in [0.1, 0.15) is 5.60 Å². The van der Waals surface area contributed by atoms with E-state index in [0.29, 0.717) is 23.7 Å². The summed E-state index contributed by atoms with van der Waals surface area (Å²) in [7, 11) is 0. The second-order valence-electron chi connectivity index (χ2n) is 8.10. The molecule has 0 aromatic rings. The summed E-state index contributed by atoms with van der Waals surface area (Å²) in [5.74, 6) is 2.53. The van der Waals surface area contributed by atoms with E-state index in [2.05, 4.69) is 6.92 Å². The molecule has 4 rings (SSSR count). The molecule has 124 valence electrons. The van der Waals surface area contributed by atoms with Gasteiger partial charge >= 0.3 is 0 Å². The highest BCUT2D eigenvalue weighted by molar-refractivity contribution is 5.82. The van der Waals surface area contributed by atoms with Gasteiger partial charge in [-0.25, -0.2) is 0 Å². The molecule has 4 nitrogen and oxygen atoms in total. The summed E-state index contributed by atoms with van der Waals surface area (Å²) in [6.07, 6.45) is 7.61. The number of hydrogen-bond donors (Lipinski definition) is 0. The Labute approximate surface area is 133 Å². The second-order valence-corrected chi connectivity index (χ2v) is 8.10. The fourth-order valence-electron chi connectivity index (χ4n) is 4.58. The normalized spacial score (nSPS) is 36.8. The Bertz CT molecular complexity index is 426. The molecule has 0 radical (unpaired) electrons. The van der Waals surface area contributed by atoms with Gasteiger partial charge in [-0.2, -0.15) is 0 Å². The molecule has 0 aromatic heterocycles. The van der Waals surface area contributed by atoms with Gasteiger partial charge in [-0.3, -0.25) is 4.79 Å². The van der Waals surface area contributed by atoms with Gasteiger partial charge in [-0.05, 0) is 37.5 Å². The van der Waals surface area contributed by atoms with Gasteiger partial charge in [0, 0.05) is 25.0 Å². The number of rotatable bonds is 5. The number of likely N-dealkylation sites (tertiary alicyclic amines) is 1.